The summed E-state index contributed by atoms with van der Waals surface area (Å²) in [6.07, 6.45) is 0. The molecule has 0 unspecified atom stereocenters. The minimum atomic E-state index is 1.10. The van der Waals surface area contributed by atoms with Crippen LogP contribution in [0.15, 0.2) is 218 Å². The lowest BCUT2D eigenvalue weighted by Crippen LogP contribution is -2.09. The number of thiophene rings is 1. The largest absolute Gasteiger partial charge is 0.310 e. The fraction of sp³-hybridized carbons (Fsp3) is 0. The zero-order valence-electron chi connectivity index (χ0n) is 31.1. The van der Waals surface area contributed by atoms with Crippen LogP contribution in [0, 0.1) is 0 Å². The number of hydrogen-bond acceptors (Lipinski definition) is 2. The first-order valence-electron chi connectivity index (χ1n) is 19.4. The van der Waals surface area contributed by atoms with E-state index in [9.17, 15) is 0 Å². The minimum Gasteiger partial charge on any atom is -0.310 e. The molecule has 11 aromatic rings. The summed E-state index contributed by atoms with van der Waals surface area (Å²) in [5.74, 6) is 0. The highest BCUT2D eigenvalue weighted by Gasteiger charge is 2.19. The third-order valence-corrected chi connectivity index (χ3v) is 12.4. The molecule has 0 atom stereocenters. The maximum Gasteiger partial charge on any atom is 0.0619 e. The van der Waals surface area contributed by atoms with Crippen LogP contribution >= 0.6 is 11.3 Å². The van der Waals surface area contributed by atoms with Crippen LogP contribution in [0.4, 0.5) is 17.1 Å². The molecule has 0 fully saturated rings. The lowest BCUT2D eigenvalue weighted by Gasteiger charge is -2.26. The highest BCUT2D eigenvalue weighted by molar-refractivity contribution is 7.25. The molecule has 9 aromatic carbocycles. The average Bonchev–Trinajstić information content (AvgIpc) is 3.83. The van der Waals surface area contributed by atoms with Gasteiger partial charge in [0.25, 0.3) is 0 Å². The van der Waals surface area contributed by atoms with Gasteiger partial charge in [-0.15, -0.1) is 11.3 Å². The first kappa shape index (κ1) is 33.2. The Labute approximate surface area is 335 Å². The Balaban J connectivity index is 1.05. The SMILES string of the molecule is c1ccc(-c2ccccc2-c2ccc(N(c3ccc(-c4cccc5c6ccccc6n(-c6ccccc6)c45)cc3)c3ccc4sc5ccccc5c4c3)cc2)cc1. The Morgan fingerprint density at radius 2 is 0.842 bits per heavy atom. The maximum atomic E-state index is 2.41. The van der Waals surface area contributed by atoms with Gasteiger partial charge in [0.2, 0.25) is 0 Å². The average molecular weight is 745 g/mol. The summed E-state index contributed by atoms with van der Waals surface area (Å²) < 4.78 is 5.02. The van der Waals surface area contributed by atoms with Crippen LogP contribution in [0.25, 0.3) is 81.0 Å². The van der Waals surface area contributed by atoms with E-state index in [2.05, 4.69) is 228 Å². The minimum absolute atomic E-state index is 1.10. The summed E-state index contributed by atoms with van der Waals surface area (Å²) in [5, 5.41) is 5.09. The number of hydrogen-bond donors (Lipinski definition) is 0. The van der Waals surface area contributed by atoms with E-state index in [1.807, 2.05) is 11.3 Å². The van der Waals surface area contributed by atoms with Crippen molar-refractivity contribution in [3.05, 3.63) is 218 Å². The summed E-state index contributed by atoms with van der Waals surface area (Å²) in [6.45, 7) is 0. The smallest absolute Gasteiger partial charge is 0.0619 e. The fourth-order valence-corrected chi connectivity index (χ4v) is 9.67. The van der Waals surface area contributed by atoms with Gasteiger partial charge in [0.05, 0.1) is 11.0 Å². The Bertz CT molecular complexity index is 3210. The normalized spacial score (nSPS) is 11.5. The molecule has 0 N–H and O–H groups in total. The number of rotatable bonds is 7. The zero-order valence-corrected chi connectivity index (χ0v) is 31.9. The second-order valence-corrected chi connectivity index (χ2v) is 15.6. The molecule has 0 radical (unpaired) electrons. The summed E-state index contributed by atoms with van der Waals surface area (Å²) >= 11 is 1.85. The van der Waals surface area contributed by atoms with Gasteiger partial charge in [0.15, 0.2) is 0 Å². The Kier molecular flexibility index (Phi) is 8.04. The molecular weight excluding hydrogens is 709 g/mol. The van der Waals surface area contributed by atoms with Gasteiger partial charge in [-0.3, -0.25) is 0 Å². The van der Waals surface area contributed by atoms with Crippen molar-refractivity contribution in [2.45, 2.75) is 0 Å². The number of anilines is 3. The van der Waals surface area contributed by atoms with E-state index in [-0.39, 0.29) is 0 Å². The van der Waals surface area contributed by atoms with E-state index in [1.165, 1.54) is 75.4 Å². The van der Waals surface area contributed by atoms with Gasteiger partial charge in [-0.25, -0.2) is 0 Å². The third-order valence-electron chi connectivity index (χ3n) is 11.2. The molecule has 268 valence electrons. The van der Waals surface area contributed by atoms with Crippen LogP contribution in [0.1, 0.15) is 0 Å². The predicted octanol–water partition coefficient (Wildman–Crippen LogP) is 15.6. The number of nitrogens with zero attached hydrogens (tertiary/aromatic N) is 2. The van der Waals surface area contributed by atoms with Gasteiger partial charge >= 0.3 is 0 Å². The molecule has 11 rings (SSSR count). The molecule has 57 heavy (non-hydrogen) atoms. The molecule has 0 aliphatic heterocycles. The van der Waals surface area contributed by atoms with Crippen molar-refractivity contribution in [2.75, 3.05) is 4.90 Å². The van der Waals surface area contributed by atoms with Gasteiger partial charge < -0.3 is 9.47 Å². The van der Waals surface area contributed by atoms with Crippen LogP contribution in [0.2, 0.25) is 0 Å². The van der Waals surface area contributed by atoms with Gasteiger partial charge in [-0.05, 0) is 94.5 Å². The van der Waals surface area contributed by atoms with Gasteiger partial charge in [0.1, 0.15) is 0 Å². The summed E-state index contributed by atoms with van der Waals surface area (Å²) in [7, 11) is 0. The molecule has 0 saturated carbocycles. The quantitative estimate of drug-likeness (QED) is 0.158. The number of aromatic nitrogens is 1. The van der Waals surface area contributed by atoms with E-state index in [0.29, 0.717) is 0 Å². The molecule has 0 saturated heterocycles. The van der Waals surface area contributed by atoms with Gasteiger partial charge in [0, 0.05) is 59.3 Å². The van der Waals surface area contributed by atoms with Crippen molar-refractivity contribution in [3.63, 3.8) is 0 Å². The summed E-state index contributed by atoms with van der Waals surface area (Å²) in [4.78, 5) is 2.39. The van der Waals surface area contributed by atoms with Gasteiger partial charge in [-0.1, -0.05) is 152 Å². The second kappa shape index (κ2) is 13.8. The molecule has 2 nitrogen and oxygen atoms in total. The molecule has 0 aliphatic carbocycles. The molecule has 3 heteroatoms. The van der Waals surface area contributed by atoms with Crippen LogP contribution in [0.3, 0.4) is 0 Å². The third kappa shape index (κ3) is 5.71. The summed E-state index contributed by atoms with van der Waals surface area (Å²) in [6, 6.07) is 79.3. The fourth-order valence-electron chi connectivity index (χ4n) is 8.58. The second-order valence-electron chi connectivity index (χ2n) is 14.5. The molecule has 0 spiro atoms. The number of benzene rings is 9. The molecule has 0 aliphatic rings. The number of fused-ring (bicyclic) bond motifs is 6. The molecule has 2 aromatic heterocycles. The molecular formula is C54H36N2S. The van der Waals surface area contributed by atoms with Crippen molar-refractivity contribution in [2.24, 2.45) is 0 Å². The topological polar surface area (TPSA) is 8.17 Å². The van der Waals surface area contributed by atoms with Crippen molar-refractivity contribution in [3.8, 4) is 39.1 Å². The Morgan fingerprint density at radius 3 is 1.56 bits per heavy atom. The van der Waals surface area contributed by atoms with Crippen molar-refractivity contribution >= 4 is 70.4 Å². The predicted molar refractivity (Wildman–Crippen MR) is 245 cm³/mol. The lowest BCUT2D eigenvalue weighted by atomic mass is 9.94. The van der Waals surface area contributed by atoms with Crippen LogP contribution < -0.4 is 4.90 Å². The zero-order chi connectivity index (χ0) is 37.7. The molecule has 2 heterocycles. The van der Waals surface area contributed by atoms with Crippen molar-refractivity contribution < 1.29 is 0 Å². The van der Waals surface area contributed by atoms with Crippen LogP contribution in [-0.4, -0.2) is 4.57 Å². The molecule has 0 bridgehead atoms. The summed E-state index contributed by atoms with van der Waals surface area (Å²) in [5.41, 5.74) is 14.2. The molecule has 0 amide bonds. The van der Waals surface area contributed by atoms with E-state index in [4.69, 9.17) is 0 Å². The monoisotopic (exact) mass is 744 g/mol. The lowest BCUT2D eigenvalue weighted by molar-refractivity contribution is 1.18. The van der Waals surface area contributed by atoms with Crippen LogP contribution in [-0.2, 0) is 0 Å². The van der Waals surface area contributed by atoms with Crippen molar-refractivity contribution in [1.82, 2.24) is 4.57 Å². The van der Waals surface area contributed by atoms with Crippen molar-refractivity contribution in [1.29, 1.82) is 0 Å². The standard InChI is InChI=1S/C54H36N2S/c1-3-14-37(15-4-1)44-18-7-8-19-45(44)38-26-30-41(31-27-38)55(43-34-35-53-50(36-43)48-21-10-12-25-52(48)57-53)42-32-28-39(29-33-42)46-22-13-23-49-47-20-9-11-24-51(47)56(54(46)49)40-16-5-2-6-17-40/h1-36H. The first-order valence-corrected chi connectivity index (χ1v) is 20.2. The van der Waals surface area contributed by atoms with E-state index >= 15 is 0 Å². The Hall–Kier alpha value is -7.20. The van der Waals surface area contributed by atoms with E-state index < -0.39 is 0 Å². The highest BCUT2D eigenvalue weighted by atomic mass is 32.1. The van der Waals surface area contributed by atoms with Crippen LogP contribution in [0.5, 0.6) is 0 Å². The highest BCUT2D eigenvalue weighted by Crippen LogP contribution is 2.43. The van der Waals surface area contributed by atoms with E-state index in [0.717, 1.165) is 22.7 Å². The van der Waals surface area contributed by atoms with Gasteiger partial charge in [-0.2, -0.15) is 0 Å². The number of para-hydroxylation sites is 3. The Morgan fingerprint density at radius 1 is 0.333 bits per heavy atom. The van der Waals surface area contributed by atoms with E-state index in [1.54, 1.807) is 0 Å². The maximum absolute atomic E-state index is 2.41. The first-order chi connectivity index (χ1) is 28.3.